The second-order valence-electron chi connectivity index (χ2n) is 8.61. The molecule has 1 aliphatic rings. The van der Waals surface area contributed by atoms with Crippen LogP contribution in [0.5, 0.6) is 0 Å². The van der Waals surface area contributed by atoms with Gasteiger partial charge >= 0.3 is 0 Å². The van der Waals surface area contributed by atoms with Crippen LogP contribution in [-0.4, -0.2) is 45.5 Å². The molecule has 2 amide bonds. The van der Waals surface area contributed by atoms with E-state index in [1.165, 1.54) is 22.2 Å². The molecule has 3 aromatic rings. The van der Waals surface area contributed by atoms with Crippen molar-refractivity contribution < 1.29 is 9.59 Å². The number of hydrogen-bond acceptors (Lipinski definition) is 7. The molecule has 3 heterocycles. The van der Waals surface area contributed by atoms with Crippen LogP contribution in [0, 0.1) is 12.8 Å². The van der Waals surface area contributed by atoms with Gasteiger partial charge < -0.3 is 15.5 Å². The molecule has 174 valence electrons. The normalized spacial score (nSPS) is 14.6. The number of rotatable bonds is 6. The van der Waals surface area contributed by atoms with Crippen molar-refractivity contribution in [1.29, 1.82) is 0 Å². The first kappa shape index (κ1) is 22.9. The summed E-state index contributed by atoms with van der Waals surface area (Å²) in [5, 5.41) is 6.54. The Morgan fingerprint density at radius 3 is 2.64 bits per heavy atom. The number of piperidine rings is 1. The SMILES string of the molecule is Cc1ccccc1NC(=O)Cn1cnc2nc(N3CCC(C(=O)NC(C)C)CC3)sc2c1=O. The molecule has 1 fully saturated rings. The molecule has 0 radical (unpaired) electrons. The Hall–Kier alpha value is -3.27. The van der Waals surface area contributed by atoms with Crippen LogP contribution in [0.4, 0.5) is 10.8 Å². The number of amides is 2. The van der Waals surface area contributed by atoms with Crippen LogP contribution < -0.4 is 21.1 Å². The number of aryl methyl sites for hydroxylation is 1. The lowest BCUT2D eigenvalue weighted by Crippen LogP contribution is -2.42. The summed E-state index contributed by atoms with van der Waals surface area (Å²) in [6.07, 6.45) is 2.85. The summed E-state index contributed by atoms with van der Waals surface area (Å²) < 4.78 is 1.73. The van der Waals surface area contributed by atoms with E-state index in [1.807, 2.05) is 45.0 Å². The van der Waals surface area contributed by atoms with Gasteiger partial charge in [-0.2, -0.15) is 4.98 Å². The number of hydrogen-bond donors (Lipinski definition) is 2. The Labute approximate surface area is 195 Å². The number of aromatic nitrogens is 3. The molecular weight excluding hydrogens is 440 g/mol. The summed E-state index contributed by atoms with van der Waals surface area (Å²) in [5.41, 5.74) is 1.77. The predicted molar refractivity (Wildman–Crippen MR) is 130 cm³/mol. The van der Waals surface area contributed by atoms with Crippen LogP contribution in [-0.2, 0) is 16.1 Å². The van der Waals surface area contributed by atoms with E-state index >= 15 is 0 Å². The lowest BCUT2D eigenvalue weighted by atomic mass is 9.96. The van der Waals surface area contributed by atoms with Crippen LogP contribution in [0.3, 0.4) is 0 Å². The van der Waals surface area contributed by atoms with E-state index in [-0.39, 0.29) is 35.9 Å². The molecule has 4 rings (SSSR count). The maximum Gasteiger partial charge on any atom is 0.273 e. The van der Waals surface area contributed by atoms with E-state index in [4.69, 9.17) is 0 Å². The molecule has 9 nitrogen and oxygen atoms in total. The second-order valence-corrected chi connectivity index (χ2v) is 9.59. The number of carbonyl (C=O) groups is 2. The molecule has 0 aliphatic carbocycles. The smallest absolute Gasteiger partial charge is 0.273 e. The molecule has 0 bridgehead atoms. The van der Waals surface area contributed by atoms with Gasteiger partial charge in [0, 0.05) is 30.7 Å². The first-order valence-corrected chi connectivity index (χ1v) is 11.9. The van der Waals surface area contributed by atoms with Gasteiger partial charge in [-0.3, -0.25) is 19.0 Å². The molecule has 1 aromatic carbocycles. The van der Waals surface area contributed by atoms with E-state index in [0.29, 0.717) is 23.4 Å². The number of thiazole rings is 1. The van der Waals surface area contributed by atoms with Gasteiger partial charge in [0.1, 0.15) is 17.6 Å². The zero-order valence-electron chi connectivity index (χ0n) is 19.0. The predicted octanol–water partition coefficient (Wildman–Crippen LogP) is 2.54. The zero-order valence-corrected chi connectivity index (χ0v) is 19.8. The third-order valence-electron chi connectivity index (χ3n) is 5.67. The monoisotopic (exact) mass is 468 g/mol. The summed E-state index contributed by atoms with van der Waals surface area (Å²) >= 11 is 1.29. The van der Waals surface area contributed by atoms with Gasteiger partial charge in [-0.05, 0) is 45.2 Å². The molecule has 33 heavy (non-hydrogen) atoms. The molecule has 1 saturated heterocycles. The highest BCUT2D eigenvalue weighted by molar-refractivity contribution is 7.22. The second kappa shape index (κ2) is 9.70. The van der Waals surface area contributed by atoms with Gasteiger partial charge in [0.05, 0.1) is 0 Å². The fourth-order valence-electron chi connectivity index (χ4n) is 3.88. The highest BCUT2D eigenvalue weighted by atomic mass is 32.1. The quantitative estimate of drug-likeness (QED) is 0.575. The van der Waals surface area contributed by atoms with Gasteiger partial charge in [-0.1, -0.05) is 29.5 Å². The molecule has 10 heteroatoms. The largest absolute Gasteiger partial charge is 0.354 e. The van der Waals surface area contributed by atoms with Crippen LogP contribution in [0.25, 0.3) is 10.3 Å². The average Bonchev–Trinajstić information content (AvgIpc) is 3.22. The Morgan fingerprint density at radius 1 is 1.21 bits per heavy atom. The van der Waals surface area contributed by atoms with E-state index in [9.17, 15) is 14.4 Å². The van der Waals surface area contributed by atoms with Crippen molar-refractivity contribution in [2.45, 2.75) is 46.2 Å². The van der Waals surface area contributed by atoms with E-state index in [0.717, 1.165) is 29.2 Å². The number of para-hydroxylation sites is 1. The fraction of sp³-hybridized carbons (Fsp3) is 0.435. The van der Waals surface area contributed by atoms with Crippen molar-refractivity contribution in [2.24, 2.45) is 5.92 Å². The van der Waals surface area contributed by atoms with Crippen molar-refractivity contribution in [2.75, 3.05) is 23.3 Å². The van der Waals surface area contributed by atoms with Crippen molar-refractivity contribution in [1.82, 2.24) is 19.9 Å². The molecule has 2 aromatic heterocycles. The Kier molecular flexibility index (Phi) is 6.73. The van der Waals surface area contributed by atoms with Crippen LogP contribution >= 0.6 is 11.3 Å². The molecule has 0 saturated carbocycles. The lowest BCUT2D eigenvalue weighted by molar-refractivity contribution is -0.126. The molecular formula is C23H28N6O3S. The maximum absolute atomic E-state index is 13.0. The number of anilines is 2. The first-order chi connectivity index (χ1) is 15.8. The number of fused-ring (bicyclic) bond motifs is 1. The van der Waals surface area contributed by atoms with Crippen LogP contribution in [0.1, 0.15) is 32.3 Å². The minimum atomic E-state index is -0.293. The highest BCUT2D eigenvalue weighted by Gasteiger charge is 2.27. The topological polar surface area (TPSA) is 109 Å². The van der Waals surface area contributed by atoms with Crippen LogP contribution in [0.2, 0.25) is 0 Å². The molecule has 2 N–H and O–H groups in total. The van der Waals surface area contributed by atoms with E-state index in [1.54, 1.807) is 0 Å². The third kappa shape index (κ3) is 5.22. The number of carbonyl (C=O) groups excluding carboxylic acids is 2. The third-order valence-corrected chi connectivity index (χ3v) is 6.77. The highest BCUT2D eigenvalue weighted by Crippen LogP contribution is 2.29. The zero-order chi connectivity index (χ0) is 23.5. The summed E-state index contributed by atoms with van der Waals surface area (Å²) in [5.74, 6) is -0.193. The number of nitrogens with zero attached hydrogens (tertiary/aromatic N) is 4. The summed E-state index contributed by atoms with van der Waals surface area (Å²) in [7, 11) is 0. The van der Waals surface area contributed by atoms with E-state index in [2.05, 4.69) is 25.5 Å². The average molecular weight is 469 g/mol. The lowest BCUT2D eigenvalue weighted by Gasteiger charge is -2.31. The van der Waals surface area contributed by atoms with Crippen molar-refractivity contribution in [3.05, 3.63) is 46.5 Å². The maximum atomic E-state index is 13.0. The number of benzene rings is 1. The molecule has 0 spiro atoms. The first-order valence-electron chi connectivity index (χ1n) is 11.1. The van der Waals surface area contributed by atoms with E-state index < -0.39 is 0 Å². The van der Waals surface area contributed by atoms with Crippen molar-refractivity contribution >= 4 is 44.3 Å². The standard InChI is InChI=1S/C23H28N6O3S/c1-14(2)25-21(31)16-8-10-28(11-9-16)23-27-20-19(33-23)22(32)29(13-24-20)12-18(30)26-17-7-5-4-6-15(17)3/h4-7,13-14,16H,8-12H2,1-3H3,(H,25,31)(H,26,30). The van der Waals surface area contributed by atoms with Gasteiger partial charge in [-0.15, -0.1) is 0 Å². The van der Waals surface area contributed by atoms with Gasteiger partial charge in [0.15, 0.2) is 10.8 Å². The summed E-state index contributed by atoms with van der Waals surface area (Å²) in [6.45, 7) is 7.10. The van der Waals surface area contributed by atoms with Gasteiger partial charge in [-0.25, -0.2) is 4.98 Å². The molecule has 0 unspecified atom stereocenters. The van der Waals surface area contributed by atoms with Gasteiger partial charge in [0.2, 0.25) is 11.8 Å². The molecule has 1 aliphatic heterocycles. The number of nitrogens with one attached hydrogen (secondary N) is 2. The summed E-state index contributed by atoms with van der Waals surface area (Å²) in [4.78, 5) is 48.6. The minimum absolute atomic E-state index is 0.000134. The van der Waals surface area contributed by atoms with Gasteiger partial charge in [0.25, 0.3) is 5.56 Å². The van der Waals surface area contributed by atoms with Crippen molar-refractivity contribution in [3.8, 4) is 0 Å². The fourth-order valence-corrected chi connectivity index (χ4v) is 4.90. The summed E-state index contributed by atoms with van der Waals surface area (Å²) in [6, 6.07) is 7.61. The molecule has 0 atom stereocenters. The Bertz CT molecular complexity index is 1230. The Morgan fingerprint density at radius 2 is 1.94 bits per heavy atom. The minimum Gasteiger partial charge on any atom is -0.354 e. The Balaban J connectivity index is 1.44. The van der Waals surface area contributed by atoms with Crippen LogP contribution in [0.15, 0.2) is 35.4 Å². The van der Waals surface area contributed by atoms with Crippen molar-refractivity contribution in [3.63, 3.8) is 0 Å².